The first kappa shape index (κ1) is 16.1. The highest BCUT2D eigenvalue weighted by Crippen LogP contribution is 2.23. The van der Waals surface area contributed by atoms with Gasteiger partial charge in [-0.25, -0.2) is 0 Å². The largest absolute Gasteiger partial charge is 0.375 e. The van der Waals surface area contributed by atoms with E-state index in [0.29, 0.717) is 6.54 Å². The molecule has 0 aliphatic heterocycles. The van der Waals surface area contributed by atoms with Gasteiger partial charge in [0.1, 0.15) is 6.10 Å². The average molecular weight is 321 g/mol. The highest BCUT2D eigenvalue weighted by molar-refractivity contribution is 7.99. The summed E-state index contributed by atoms with van der Waals surface area (Å²) in [4.78, 5) is 13.4. The van der Waals surface area contributed by atoms with Gasteiger partial charge in [-0.15, -0.1) is 11.8 Å². The molecule has 1 heterocycles. The second kappa shape index (κ2) is 8.22. The van der Waals surface area contributed by atoms with Crippen molar-refractivity contribution in [3.05, 3.63) is 52.2 Å². The van der Waals surface area contributed by atoms with Crippen LogP contribution in [0.1, 0.15) is 28.9 Å². The minimum absolute atomic E-state index is 0.0520. The lowest BCUT2D eigenvalue weighted by Crippen LogP contribution is -2.29. The van der Waals surface area contributed by atoms with Gasteiger partial charge in [0.25, 0.3) is 5.91 Å². The van der Waals surface area contributed by atoms with E-state index in [2.05, 4.69) is 12.2 Å². The Morgan fingerprint density at radius 3 is 2.86 bits per heavy atom. The van der Waals surface area contributed by atoms with E-state index in [9.17, 15) is 4.79 Å². The molecule has 0 bridgehead atoms. The molecule has 0 saturated heterocycles. The summed E-state index contributed by atoms with van der Waals surface area (Å²) in [7, 11) is 1.66. The number of benzene rings is 1. The zero-order chi connectivity index (χ0) is 15.1. The first-order valence-electron chi connectivity index (χ1n) is 6.81. The Hall–Kier alpha value is -1.30. The lowest BCUT2D eigenvalue weighted by Gasteiger charge is -2.16. The van der Waals surface area contributed by atoms with Crippen LogP contribution < -0.4 is 5.32 Å². The lowest BCUT2D eigenvalue weighted by atomic mass is 10.1. The van der Waals surface area contributed by atoms with Crippen LogP contribution in [0.15, 0.2) is 46.0 Å². The molecule has 0 saturated carbocycles. The fourth-order valence-corrected chi connectivity index (χ4v) is 3.52. The van der Waals surface area contributed by atoms with E-state index in [0.717, 1.165) is 21.8 Å². The van der Waals surface area contributed by atoms with E-state index in [4.69, 9.17) is 4.74 Å². The van der Waals surface area contributed by atoms with Gasteiger partial charge >= 0.3 is 0 Å². The molecule has 1 aromatic carbocycles. The van der Waals surface area contributed by atoms with Crippen molar-refractivity contribution in [1.82, 2.24) is 5.32 Å². The van der Waals surface area contributed by atoms with Gasteiger partial charge in [-0.2, -0.15) is 11.3 Å². The third-order valence-corrected chi connectivity index (χ3v) is 4.74. The van der Waals surface area contributed by atoms with Crippen molar-refractivity contribution in [2.24, 2.45) is 0 Å². The molecule has 1 atom stereocenters. The molecular formula is C16H19NO2S2. The van der Waals surface area contributed by atoms with Gasteiger partial charge in [0.15, 0.2) is 0 Å². The Bertz CT molecular complexity index is 569. The Balaban J connectivity index is 2.01. The van der Waals surface area contributed by atoms with Gasteiger partial charge in [-0.1, -0.05) is 19.1 Å². The molecular weight excluding hydrogens is 302 g/mol. The van der Waals surface area contributed by atoms with Crippen molar-refractivity contribution in [1.29, 1.82) is 0 Å². The van der Waals surface area contributed by atoms with Crippen molar-refractivity contribution in [3.63, 3.8) is 0 Å². The highest BCUT2D eigenvalue weighted by Gasteiger charge is 2.15. The topological polar surface area (TPSA) is 38.3 Å². The van der Waals surface area contributed by atoms with E-state index in [1.807, 2.05) is 41.1 Å². The molecule has 0 aliphatic rings. The molecule has 2 aromatic rings. The second-order valence-corrected chi connectivity index (χ2v) is 6.51. The summed E-state index contributed by atoms with van der Waals surface area (Å²) in [5.41, 5.74) is 1.82. The van der Waals surface area contributed by atoms with Crippen molar-refractivity contribution in [2.75, 3.05) is 19.4 Å². The van der Waals surface area contributed by atoms with Crippen LogP contribution in [0.25, 0.3) is 0 Å². The summed E-state index contributed by atoms with van der Waals surface area (Å²) in [5.74, 6) is 0.892. The van der Waals surface area contributed by atoms with Crippen LogP contribution in [-0.2, 0) is 4.74 Å². The molecule has 112 valence electrons. The third kappa shape index (κ3) is 4.33. The lowest BCUT2D eigenvalue weighted by molar-refractivity contribution is 0.0827. The molecule has 5 heteroatoms. The number of carbonyl (C=O) groups excluding carboxylic acids is 1. The monoisotopic (exact) mass is 321 g/mol. The Labute approximate surface area is 133 Å². The predicted octanol–water partition coefficient (Wildman–Crippen LogP) is 3.98. The van der Waals surface area contributed by atoms with Crippen molar-refractivity contribution in [3.8, 4) is 0 Å². The van der Waals surface area contributed by atoms with E-state index >= 15 is 0 Å². The van der Waals surface area contributed by atoms with E-state index in [1.165, 1.54) is 0 Å². The van der Waals surface area contributed by atoms with Crippen LogP contribution in [0.5, 0.6) is 0 Å². The van der Waals surface area contributed by atoms with Gasteiger partial charge in [-0.05, 0) is 40.3 Å². The predicted molar refractivity (Wildman–Crippen MR) is 89.2 cm³/mol. The number of methoxy groups -OCH3 is 1. The number of carbonyl (C=O) groups is 1. The maximum absolute atomic E-state index is 12.4. The Morgan fingerprint density at radius 1 is 1.38 bits per heavy atom. The Kier molecular flexibility index (Phi) is 6.29. The van der Waals surface area contributed by atoms with Gasteiger partial charge in [0, 0.05) is 18.6 Å². The maximum Gasteiger partial charge on any atom is 0.252 e. The molecule has 0 radical (unpaired) electrons. The van der Waals surface area contributed by atoms with E-state index in [-0.39, 0.29) is 12.0 Å². The standard InChI is InChI=1S/C16H19NO2S2/c1-3-21-15-7-5-4-6-13(15)16(18)17-10-14(19-2)12-8-9-20-11-12/h4-9,11,14H,3,10H2,1-2H3,(H,17,18)/t14-/m1/s1. The summed E-state index contributed by atoms with van der Waals surface area (Å²) >= 11 is 3.30. The minimum Gasteiger partial charge on any atom is -0.375 e. The second-order valence-electron chi connectivity index (χ2n) is 4.42. The number of amides is 1. The first-order chi connectivity index (χ1) is 10.3. The van der Waals surface area contributed by atoms with Crippen molar-refractivity contribution in [2.45, 2.75) is 17.9 Å². The molecule has 1 N–H and O–H groups in total. The number of rotatable bonds is 7. The van der Waals surface area contributed by atoms with Crippen molar-refractivity contribution >= 4 is 29.0 Å². The van der Waals surface area contributed by atoms with Gasteiger partial charge in [0.05, 0.1) is 5.56 Å². The zero-order valence-corrected chi connectivity index (χ0v) is 13.8. The number of ether oxygens (including phenoxy) is 1. The fourth-order valence-electron chi connectivity index (χ4n) is 2.01. The summed E-state index contributed by atoms with van der Waals surface area (Å²) in [6.07, 6.45) is -0.105. The van der Waals surface area contributed by atoms with Crippen LogP contribution >= 0.6 is 23.1 Å². The van der Waals surface area contributed by atoms with Crippen LogP contribution in [0, 0.1) is 0 Å². The number of thiophene rings is 1. The number of thioether (sulfide) groups is 1. The molecule has 0 spiro atoms. The fraction of sp³-hybridized carbons (Fsp3) is 0.312. The van der Waals surface area contributed by atoms with Crippen LogP contribution in [0.4, 0.5) is 0 Å². The number of nitrogens with one attached hydrogen (secondary N) is 1. The summed E-state index contributed by atoms with van der Waals surface area (Å²) in [5, 5.41) is 7.02. The summed E-state index contributed by atoms with van der Waals surface area (Å²) in [6, 6.07) is 9.71. The van der Waals surface area contributed by atoms with Gasteiger partial charge < -0.3 is 10.1 Å². The smallest absolute Gasteiger partial charge is 0.252 e. The SMILES string of the molecule is CCSc1ccccc1C(=O)NC[C@@H](OC)c1ccsc1. The van der Waals surface area contributed by atoms with Gasteiger partial charge in [0.2, 0.25) is 0 Å². The van der Waals surface area contributed by atoms with Crippen molar-refractivity contribution < 1.29 is 9.53 Å². The average Bonchev–Trinajstić information content (AvgIpc) is 3.03. The third-order valence-electron chi connectivity index (χ3n) is 3.08. The maximum atomic E-state index is 12.4. The molecule has 21 heavy (non-hydrogen) atoms. The zero-order valence-electron chi connectivity index (χ0n) is 12.2. The number of hydrogen-bond acceptors (Lipinski definition) is 4. The first-order valence-corrected chi connectivity index (χ1v) is 8.74. The highest BCUT2D eigenvalue weighted by atomic mass is 32.2. The van der Waals surface area contributed by atoms with E-state index < -0.39 is 0 Å². The molecule has 1 amide bonds. The molecule has 3 nitrogen and oxygen atoms in total. The molecule has 1 aromatic heterocycles. The van der Waals surface area contributed by atoms with Crippen LogP contribution in [0.2, 0.25) is 0 Å². The minimum atomic E-state index is -0.105. The molecule has 2 rings (SSSR count). The summed E-state index contributed by atoms with van der Waals surface area (Å²) < 4.78 is 5.45. The van der Waals surface area contributed by atoms with Gasteiger partial charge in [-0.3, -0.25) is 4.79 Å². The number of hydrogen-bond donors (Lipinski definition) is 1. The normalized spacial score (nSPS) is 12.1. The molecule has 0 fully saturated rings. The molecule has 0 unspecified atom stereocenters. The van der Waals surface area contributed by atoms with Crippen LogP contribution in [0.3, 0.4) is 0 Å². The van der Waals surface area contributed by atoms with Crippen LogP contribution in [-0.4, -0.2) is 25.3 Å². The Morgan fingerprint density at radius 2 is 2.19 bits per heavy atom. The molecule has 0 aliphatic carbocycles. The quantitative estimate of drug-likeness (QED) is 0.784. The van der Waals surface area contributed by atoms with E-state index in [1.54, 1.807) is 30.2 Å². The summed E-state index contributed by atoms with van der Waals surface area (Å²) in [6.45, 7) is 2.55.